The first-order chi connectivity index (χ1) is 8.79. The number of nitrogens with two attached hydrogens (primary N) is 1. The van der Waals surface area contributed by atoms with Crippen molar-refractivity contribution in [2.24, 2.45) is 11.7 Å². The van der Waals surface area contributed by atoms with Crippen LogP contribution in [-0.2, 0) is 0 Å². The van der Waals surface area contributed by atoms with E-state index in [1.54, 1.807) is 18.2 Å². The molecule has 0 aliphatic rings. The summed E-state index contributed by atoms with van der Waals surface area (Å²) >= 11 is 16.6. The van der Waals surface area contributed by atoms with Crippen LogP contribution in [0.2, 0.25) is 10.0 Å². The summed E-state index contributed by atoms with van der Waals surface area (Å²) in [5.74, 6) is 0.103. The average Bonchev–Trinajstić information content (AvgIpc) is 2.23. The highest BCUT2D eigenvalue weighted by Gasteiger charge is 2.18. The summed E-state index contributed by atoms with van der Waals surface area (Å²) in [7, 11) is 0. The molecule has 7 heteroatoms. The smallest absolute Gasteiger partial charge is 0.319 e. The minimum atomic E-state index is -0.412. The molecule has 1 aromatic carbocycles. The Morgan fingerprint density at radius 2 is 1.79 bits per heavy atom. The molecule has 0 radical (unpaired) electrons. The summed E-state index contributed by atoms with van der Waals surface area (Å²) in [6.07, 6.45) is 0. The Hall–Kier alpha value is -1.04. The normalized spacial score (nSPS) is 12.1. The van der Waals surface area contributed by atoms with Gasteiger partial charge in [0.25, 0.3) is 0 Å². The summed E-state index contributed by atoms with van der Waals surface area (Å²) in [5.41, 5.74) is 6.07. The van der Waals surface area contributed by atoms with Crippen molar-refractivity contribution in [1.82, 2.24) is 5.32 Å². The van der Waals surface area contributed by atoms with E-state index < -0.39 is 6.03 Å². The van der Waals surface area contributed by atoms with Gasteiger partial charge in [0.2, 0.25) is 0 Å². The molecule has 4 N–H and O–H groups in total. The molecule has 4 nitrogen and oxygen atoms in total. The van der Waals surface area contributed by atoms with Crippen LogP contribution in [0.5, 0.6) is 0 Å². The number of urea groups is 1. The predicted molar refractivity (Wildman–Crippen MR) is 84.0 cm³/mol. The van der Waals surface area contributed by atoms with Gasteiger partial charge in [-0.2, -0.15) is 0 Å². The number of carbonyl (C=O) groups is 1. The zero-order chi connectivity index (χ0) is 14.6. The average molecular weight is 320 g/mol. The number of hydrogen-bond acceptors (Lipinski definition) is 2. The Bertz CT molecular complexity index is 474. The van der Waals surface area contributed by atoms with Crippen molar-refractivity contribution in [3.05, 3.63) is 28.2 Å². The van der Waals surface area contributed by atoms with E-state index in [-0.39, 0.29) is 16.9 Å². The topological polar surface area (TPSA) is 67.2 Å². The van der Waals surface area contributed by atoms with Gasteiger partial charge in [-0.15, -0.1) is 0 Å². The third kappa shape index (κ3) is 5.22. The molecule has 1 atom stereocenters. The maximum Gasteiger partial charge on any atom is 0.319 e. The van der Waals surface area contributed by atoms with E-state index in [9.17, 15) is 4.79 Å². The minimum Gasteiger partial charge on any atom is -0.392 e. The molecule has 0 aliphatic heterocycles. The molecular weight excluding hydrogens is 305 g/mol. The lowest BCUT2D eigenvalue weighted by Crippen LogP contribution is -2.48. The Kier molecular flexibility index (Phi) is 5.85. The molecule has 0 aliphatic carbocycles. The molecule has 0 heterocycles. The van der Waals surface area contributed by atoms with Crippen molar-refractivity contribution in [1.29, 1.82) is 0 Å². The number of rotatable bonds is 4. The summed E-state index contributed by atoms with van der Waals surface area (Å²) in [4.78, 5) is 12.1. The molecular formula is C12H15Cl2N3OS. The Morgan fingerprint density at radius 1 is 1.26 bits per heavy atom. The predicted octanol–water partition coefficient (Wildman–Crippen LogP) is 3.43. The van der Waals surface area contributed by atoms with Crippen molar-refractivity contribution < 1.29 is 4.79 Å². The molecule has 0 fully saturated rings. The summed E-state index contributed by atoms with van der Waals surface area (Å²) in [6, 6.07) is 3.99. The van der Waals surface area contributed by atoms with E-state index in [2.05, 4.69) is 10.6 Å². The first-order valence-electron chi connectivity index (χ1n) is 5.62. The van der Waals surface area contributed by atoms with Crippen LogP contribution in [-0.4, -0.2) is 17.1 Å². The third-order valence-electron chi connectivity index (χ3n) is 2.38. The van der Waals surface area contributed by atoms with E-state index in [0.29, 0.717) is 15.7 Å². The van der Waals surface area contributed by atoms with Gasteiger partial charge in [0, 0.05) is 15.7 Å². The van der Waals surface area contributed by atoms with Crippen molar-refractivity contribution in [3.8, 4) is 0 Å². The van der Waals surface area contributed by atoms with Crippen LogP contribution in [0.1, 0.15) is 13.8 Å². The van der Waals surface area contributed by atoms with Gasteiger partial charge in [0.15, 0.2) is 0 Å². The fraction of sp³-hybridized carbons (Fsp3) is 0.333. The van der Waals surface area contributed by atoms with Gasteiger partial charge in [-0.05, 0) is 24.1 Å². The second-order valence-electron chi connectivity index (χ2n) is 4.38. The molecule has 104 valence electrons. The van der Waals surface area contributed by atoms with Crippen molar-refractivity contribution >= 4 is 52.1 Å². The number of carbonyl (C=O) groups excluding carboxylic acids is 1. The van der Waals surface area contributed by atoms with Crippen LogP contribution in [0.15, 0.2) is 18.2 Å². The number of thiocarbonyl (C=S) groups is 1. The van der Waals surface area contributed by atoms with E-state index in [1.807, 2.05) is 13.8 Å². The first-order valence-corrected chi connectivity index (χ1v) is 6.79. The molecule has 1 unspecified atom stereocenters. The molecule has 0 saturated carbocycles. The second kappa shape index (κ2) is 6.93. The number of amides is 2. The largest absolute Gasteiger partial charge is 0.392 e. The van der Waals surface area contributed by atoms with Gasteiger partial charge in [-0.25, -0.2) is 4.79 Å². The SMILES string of the molecule is CC(C)C(NC(=O)Nc1cc(Cl)cc(Cl)c1)C(N)=S. The number of halogens is 2. The van der Waals surface area contributed by atoms with Gasteiger partial charge in [0.1, 0.15) is 0 Å². The highest BCUT2D eigenvalue weighted by Crippen LogP contribution is 2.22. The quantitative estimate of drug-likeness (QED) is 0.745. The van der Waals surface area contributed by atoms with Crippen molar-refractivity contribution in [2.75, 3.05) is 5.32 Å². The summed E-state index contributed by atoms with van der Waals surface area (Å²) < 4.78 is 0. The van der Waals surface area contributed by atoms with Crippen LogP contribution >= 0.6 is 35.4 Å². The zero-order valence-corrected chi connectivity index (χ0v) is 12.9. The van der Waals surface area contributed by atoms with Crippen LogP contribution in [0.3, 0.4) is 0 Å². The van der Waals surface area contributed by atoms with Gasteiger partial charge in [-0.1, -0.05) is 49.3 Å². The van der Waals surface area contributed by atoms with Crippen LogP contribution < -0.4 is 16.4 Å². The lowest BCUT2D eigenvalue weighted by Gasteiger charge is -2.21. The van der Waals surface area contributed by atoms with Gasteiger partial charge in [0.05, 0.1) is 11.0 Å². The molecule has 2 amide bonds. The van der Waals surface area contributed by atoms with Crippen molar-refractivity contribution in [2.45, 2.75) is 19.9 Å². The number of anilines is 1. The van der Waals surface area contributed by atoms with Crippen LogP contribution in [0.25, 0.3) is 0 Å². The monoisotopic (exact) mass is 319 g/mol. The highest BCUT2D eigenvalue weighted by atomic mass is 35.5. The number of hydrogen-bond donors (Lipinski definition) is 3. The lowest BCUT2D eigenvalue weighted by molar-refractivity contribution is 0.248. The highest BCUT2D eigenvalue weighted by molar-refractivity contribution is 7.80. The molecule has 19 heavy (non-hydrogen) atoms. The standard InChI is InChI=1S/C12H15Cl2N3OS/c1-6(2)10(11(15)19)17-12(18)16-9-4-7(13)3-8(14)5-9/h3-6,10H,1-2H3,(H2,15,19)(H2,16,17,18). The minimum absolute atomic E-state index is 0.103. The van der Waals surface area contributed by atoms with E-state index in [4.69, 9.17) is 41.2 Å². The van der Waals surface area contributed by atoms with Gasteiger partial charge < -0.3 is 16.4 Å². The third-order valence-corrected chi connectivity index (χ3v) is 3.07. The fourth-order valence-corrected chi connectivity index (χ4v) is 2.36. The Balaban J connectivity index is 2.71. The Labute approximate surface area is 127 Å². The summed E-state index contributed by atoms with van der Waals surface area (Å²) in [5, 5.41) is 6.21. The van der Waals surface area contributed by atoms with E-state index in [0.717, 1.165) is 0 Å². The lowest BCUT2D eigenvalue weighted by atomic mass is 10.1. The fourth-order valence-electron chi connectivity index (χ4n) is 1.50. The Morgan fingerprint density at radius 3 is 2.21 bits per heavy atom. The number of nitrogens with one attached hydrogen (secondary N) is 2. The molecule has 0 saturated heterocycles. The molecule has 0 spiro atoms. The van der Waals surface area contributed by atoms with Crippen molar-refractivity contribution in [3.63, 3.8) is 0 Å². The van der Waals surface area contributed by atoms with Gasteiger partial charge in [-0.3, -0.25) is 0 Å². The van der Waals surface area contributed by atoms with Gasteiger partial charge >= 0.3 is 6.03 Å². The maximum absolute atomic E-state index is 11.8. The molecule has 1 aromatic rings. The second-order valence-corrected chi connectivity index (χ2v) is 5.72. The zero-order valence-electron chi connectivity index (χ0n) is 10.5. The van der Waals surface area contributed by atoms with E-state index >= 15 is 0 Å². The van der Waals surface area contributed by atoms with E-state index in [1.165, 1.54) is 0 Å². The first kappa shape index (κ1) is 16.0. The van der Waals surface area contributed by atoms with Crippen LogP contribution in [0.4, 0.5) is 10.5 Å². The van der Waals surface area contributed by atoms with Crippen LogP contribution in [0, 0.1) is 5.92 Å². The number of benzene rings is 1. The summed E-state index contributed by atoms with van der Waals surface area (Å²) in [6.45, 7) is 3.83. The molecule has 1 rings (SSSR count). The molecule has 0 aromatic heterocycles. The molecule has 0 bridgehead atoms. The maximum atomic E-state index is 11.8.